The Morgan fingerprint density at radius 2 is 1.67 bits per heavy atom. The molecular formula is C25H24N3O2+. The van der Waals surface area contributed by atoms with Crippen LogP contribution in [-0.4, -0.2) is 39.9 Å². The number of likely N-dealkylation sites (N-methyl/N-ethyl adjacent to an activating group) is 1. The van der Waals surface area contributed by atoms with Gasteiger partial charge in [-0.3, -0.25) is 0 Å². The minimum Gasteiger partial charge on any atom is -0.361 e. The van der Waals surface area contributed by atoms with Crippen LogP contribution in [0.25, 0.3) is 21.8 Å². The lowest BCUT2D eigenvalue weighted by atomic mass is 9.83. The Morgan fingerprint density at radius 1 is 0.933 bits per heavy atom. The molecule has 0 saturated carbocycles. The van der Waals surface area contributed by atoms with Gasteiger partial charge in [0.2, 0.25) is 0 Å². The maximum Gasteiger partial charge on any atom is 0.329 e. The summed E-state index contributed by atoms with van der Waals surface area (Å²) in [6.07, 6.45) is 6.22. The number of aromatic nitrogens is 2. The molecule has 2 amide bonds. The van der Waals surface area contributed by atoms with Crippen molar-refractivity contribution in [2.45, 2.75) is 31.2 Å². The third kappa shape index (κ3) is 2.16. The zero-order chi connectivity index (χ0) is 20.6. The minimum absolute atomic E-state index is 0.0287. The maximum atomic E-state index is 13.7. The van der Waals surface area contributed by atoms with Gasteiger partial charge in [0.05, 0.1) is 19.6 Å². The van der Waals surface area contributed by atoms with E-state index in [0.29, 0.717) is 0 Å². The summed E-state index contributed by atoms with van der Waals surface area (Å²) in [4.78, 5) is 30.5. The third-order valence-electron chi connectivity index (χ3n) is 7.12. The maximum absolute atomic E-state index is 13.7. The standard InChI is InChI=1S/C25H24N3O2/c1-28(2)24(29)21(18-13-26-20-11-4-3-9-16(18)20)22(25(28)30)19-14-27-12-6-8-15-7-5-10-17(19)23(15)27/h3-5,7,9-11,13-14,21-22,26H,6,8,12H2,1-2H3/q+1/t21-,22-/m0/s1. The first-order chi connectivity index (χ1) is 14.5. The van der Waals surface area contributed by atoms with Gasteiger partial charge >= 0.3 is 11.8 Å². The number of aromatic amines is 1. The van der Waals surface area contributed by atoms with Crippen LogP contribution < -0.4 is 0 Å². The van der Waals surface area contributed by atoms with Crippen molar-refractivity contribution in [3.63, 3.8) is 0 Å². The largest absolute Gasteiger partial charge is 0.361 e. The van der Waals surface area contributed by atoms with E-state index in [1.165, 1.54) is 11.1 Å². The summed E-state index contributed by atoms with van der Waals surface area (Å²) in [5.41, 5.74) is 5.47. The van der Waals surface area contributed by atoms with Crippen LogP contribution >= 0.6 is 0 Å². The molecule has 1 N–H and O–H groups in total. The molecule has 150 valence electrons. The third-order valence-corrected chi connectivity index (χ3v) is 7.12. The fourth-order valence-corrected chi connectivity index (χ4v) is 5.60. The van der Waals surface area contributed by atoms with E-state index in [1.807, 2.05) is 30.5 Å². The van der Waals surface area contributed by atoms with Gasteiger partial charge in [-0.05, 0) is 35.6 Å². The number of likely N-dealkylation sites (tertiary alicyclic amines) is 1. The van der Waals surface area contributed by atoms with E-state index in [4.69, 9.17) is 0 Å². The van der Waals surface area contributed by atoms with Crippen LogP contribution in [-0.2, 0) is 22.6 Å². The highest BCUT2D eigenvalue weighted by Crippen LogP contribution is 2.48. The SMILES string of the molecule is C[N+]1(C)C(=O)[C@@H](c2c[nH]c3ccccc23)[C@H](c2cn3c4c(cccc24)CCC3)C1=O. The number of nitrogens with one attached hydrogen (secondary N) is 1. The Labute approximate surface area is 174 Å². The lowest BCUT2D eigenvalue weighted by Crippen LogP contribution is -2.45. The molecular weight excluding hydrogens is 374 g/mol. The van der Waals surface area contributed by atoms with Crippen LogP contribution in [0.2, 0.25) is 0 Å². The van der Waals surface area contributed by atoms with Crippen molar-refractivity contribution in [2.75, 3.05) is 14.1 Å². The van der Waals surface area contributed by atoms with Crippen molar-refractivity contribution in [3.05, 3.63) is 71.5 Å². The number of amides is 2. The summed E-state index contributed by atoms with van der Waals surface area (Å²) in [5, 5.41) is 2.13. The Bertz CT molecular complexity index is 1360. The number of carbonyl (C=O) groups is 2. The lowest BCUT2D eigenvalue weighted by Gasteiger charge is -2.17. The number of aryl methyl sites for hydroxylation is 2. The first-order valence-electron chi connectivity index (χ1n) is 10.6. The van der Waals surface area contributed by atoms with Crippen LogP contribution in [0.4, 0.5) is 0 Å². The normalized spacial score (nSPS) is 23.0. The van der Waals surface area contributed by atoms with Crippen LogP contribution in [0.5, 0.6) is 0 Å². The number of nitrogens with zero attached hydrogens (tertiary/aromatic N) is 2. The van der Waals surface area contributed by atoms with Crippen LogP contribution in [0, 0.1) is 0 Å². The van der Waals surface area contributed by atoms with E-state index in [9.17, 15) is 9.59 Å². The summed E-state index contributed by atoms with van der Waals surface area (Å²) in [6.45, 7) is 0.957. The molecule has 1 saturated heterocycles. The molecule has 2 aromatic heterocycles. The number of para-hydroxylation sites is 2. The molecule has 0 aliphatic carbocycles. The Morgan fingerprint density at radius 3 is 2.50 bits per heavy atom. The molecule has 4 aromatic rings. The second-order valence-corrected chi connectivity index (χ2v) is 9.07. The average Bonchev–Trinajstić information content (AvgIpc) is 3.38. The second-order valence-electron chi connectivity index (χ2n) is 9.07. The molecule has 4 heterocycles. The van der Waals surface area contributed by atoms with Gasteiger partial charge in [0, 0.05) is 35.2 Å². The summed E-state index contributed by atoms with van der Waals surface area (Å²) in [6, 6.07) is 14.4. The molecule has 30 heavy (non-hydrogen) atoms. The van der Waals surface area contributed by atoms with Gasteiger partial charge in [-0.25, -0.2) is 14.1 Å². The van der Waals surface area contributed by atoms with Gasteiger partial charge in [-0.1, -0.05) is 36.4 Å². The Hall–Kier alpha value is -3.18. The van der Waals surface area contributed by atoms with E-state index in [2.05, 4.69) is 33.9 Å². The van der Waals surface area contributed by atoms with Crippen LogP contribution in [0.3, 0.4) is 0 Å². The molecule has 0 radical (unpaired) electrons. The van der Waals surface area contributed by atoms with Gasteiger partial charge in [0.25, 0.3) is 0 Å². The summed E-state index contributed by atoms with van der Waals surface area (Å²) in [5.74, 6) is -1.04. The van der Waals surface area contributed by atoms with Gasteiger partial charge in [-0.2, -0.15) is 0 Å². The zero-order valence-corrected chi connectivity index (χ0v) is 17.2. The molecule has 2 aliphatic heterocycles. The van der Waals surface area contributed by atoms with Crippen molar-refractivity contribution >= 4 is 33.6 Å². The highest BCUT2D eigenvalue weighted by molar-refractivity contribution is 6.06. The van der Waals surface area contributed by atoms with E-state index >= 15 is 0 Å². The average molecular weight is 398 g/mol. The molecule has 0 spiro atoms. The van der Waals surface area contributed by atoms with Gasteiger partial charge in [0.15, 0.2) is 0 Å². The number of benzene rings is 2. The molecule has 2 atom stereocenters. The van der Waals surface area contributed by atoms with Crippen molar-refractivity contribution in [1.29, 1.82) is 0 Å². The Balaban J connectivity index is 1.62. The first-order valence-corrected chi connectivity index (χ1v) is 10.6. The molecule has 2 aromatic carbocycles. The molecule has 6 rings (SSSR count). The summed E-state index contributed by atoms with van der Waals surface area (Å²) >= 11 is 0. The topological polar surface area (TPSA) is 54.9 Å². The summed E-state index contributed by atoms with van der Waals surface area (Å²) in [7, 11) is 3.46. The van der Waals surface area contributed by atoms with Gasteiger partial charge in [-0.15, -0.1) is 0 Å². The number of rotatable bonds is 2. The first kappa shape index (κ1) is 17.7. The van der Waals surface area contributed by atoms with Crippen molar-refractivity contribution in [1.82, 2.24) is 9.55 Å². The number of hydrogen-bond acceptors (Lipinski definition) is 2. The number of carbonyl (C=O) groups excluding carboxylic acids is 2. The van der Waals surface area contributed by atoms with E-state index in [0.717, 1.165) is 46.8 Å². The molecule has 0 unspecified atom stereocenters. The molecule has 5 heteroatoms. The monoisotopic (exact) mass is 398 g/mol. The van der Waals surface area contributed by atoms with Gasteiger partial charge in [0.1, 0.15) is 11.8 Å². The number of H-pyrrole nitrogens is 1. The van der Waals surface area contributed by atoms with E-state index < -0.39 is 11.8 Å². The smallest absolute Gasteiger partial charge is 0.329 e. The predicted molar refractivity (Wildman–Crippen MR) is 116 cm³/mol. The molecule has 2 aliphatic rings. The number of fused-ring (bicyclic) bond motifs is 1. The zero-order valence-electron chi connectivity index (χ0n) is 17.2. The minimum atomic E-state index is -0.493. The predicted octanol–water partition coefficient (Wildman–Crippen LogP) is 4.08. The van der Waals surface area contributed by atoms with Crippen molar-refractivity contribution in [3.8, 4) is 0 Å². The van der Waals surface area contributed by atoms with Gasteiger partial charge < -0.3 is 9.55 Å². The number of hydrogen-bond donors (Lipinski definition) is 1. The summed E-state index contributed by atoms with van der Waals surface area (Å²) < 4.78 is 2.06. The molecule has 5 nitrogen and oxygen atoms in total. The van der Waals surface area contributed by atoms with E-state index in [1.54, 1.807) is 14.1 Å². The molecule has 0 bridgehead atoms. The quantitative estimate of drug-likeness (QED) is 0.409. The highest BCUT2D eigenvalue weighted by Gasteiger charge is 2.59. The Kier molecular flexibility index (Phi) is 3.49. The number of quaternary nitrogens is 1. The lowest BCUT2D eigenvalue weighted by molar-refractivity contribution is -0.729. The van der Waals surface area contributed by atoms with Crippen LogP contribution in [0.1, 0.15) is 34.9 Å². The number of imide groups is 1. The molecule has 1 fully saturated rings. The second kappa shape index (κ2) is 5.92. The van der Waals surface area contributed by atoms with Crippen molar-refractivity contribution < 1.29 is 14.1 Å². The van der Waals surface area contributed by atoms with Crippen LogP contribution in [0.15, 0.2) is 54.9 Å². The fourth-order valence-electron chi connectivity index (χ4n) is 5.60. The van der Waals surface area contributed by atoms with Crippen molar-refractivity contribution in [2.24, 2.45) is 0 Å². The highest BCUT2D eigenvalue weighted by atomic mass is 16.2. The fraction of sp³-hybridized carbons (Fsp3) is 0.280. The van der Waals surface area contributed by atoms with E-state index in [-0.39, 0.29) is 16.3 Å².